The van der Waals surface area contributed by atoms with Crippen LogP contribution >= 0.6 is 11.3 Å². The van der Waals surface area contributed by atoms with Crippen LogP contribution in [0.25, 0.3) is 5.57 Å². The maximum atomic E-state index is 12.6. The number of hydrogen-bond donors (Lipinski definition) is 1. The quantitative estimate of drug-likeness (QED) is 0.638. The Kier molecular flexibility index (Phi) is 3.68. The van der Waals surface area contributed by atoms with E-state index in [1.165, 1.54) is 0 Å². The summed E-state index contributed by atoms with van der Waals surface area (Å²) in [6.45, 7) is 6.39. The van der Waals surface area contributed by atoms with Crippen molar-refractivity contribution in [2.45, 2.75) is 38.1 Å². The Balaban J connectivity index is 1.95. The first kappa shape index (κ1) is 16.6. The van der Waals surface area contributed by atoms with Gasteiger partial charge in [0, 0.05) is 29.2 Å². The number of carbonyl (C=O) groups is 1. The first-order valence-electron chi connectivity index (χ1n) is 8.28. The smallest absolute Gasteiger partial charge is 0.335 e. The molecule has 25 heavy (non-hydrogen) atoms. The Morgan fingerprint density at radius 2 is 1.96 bits per heavy atom. The second-order valence-electron chi connectivity index (χ2n) is 7.68. The molecular weight excluding hydrogens is 352 g/mol. The first-order valence-corrected chi connectivity index (χ1v) is 12.7. The van der Waals surface area contributed by atoms with Crippen molar-refractivity contribution in [3.8, 4) is 0 Å². The van der Waals surface area contributed by atoms with E-state index in [1.807, 2.05) is 16.8 Å². The van der Waals surface area contributed by atoms with Gasteiger partial charge in [0.05, 0.1) is 14.3 Å². The monoisotopic (exact) mass is 372 g/mol. The summed E-state index contributed by atoms with van der Waals surface area (Å²) in [4.78, 5) is 12.6. The second-order valence-corrected chi connectivity index (χ2v) is 13.5. The summed E-state index contributed by atoms with van der Waals surface area (Å²) in [7, 11) is -1.93. The lowest BCUT2D eigenvalue weighted by molar-refractivity contribution is -0.132. The molecule has 0 bridgehead atoms. The number of fused-ring (bicyclic) bond motifs is 1. The van der Waals surface area contributed by atoms with Crippen LogP contribution in [0.3, 0.4) is 0 Å². The molecule has 1 unspecified atom stereocenters. The predicted octanol–water partition coefficient (Wildman–Crippen LogP) is 4.46. The molecule has 0 saturated heterocycles. The molecular formula is C19H20O4SSi. The van der Waals surface area contributed by atoms with Crippen LogP contribution in [0, 0.1) is 0 Å². The molecule has 2 aromatic rings. The molecule has 1 N–H and O–H groups in total. The van der Waals surface area contributed by atoms with Crippen molar-refractivity contribution in [2.24, 2.45) is 0 Å². The van der Waals surface area contributed by atoms with Gasteiger partial charge in [-0.05, 0) is 34.5 Å². The van der Waals surface area contributed by atoms with Gasteiger partial charge in [0.25, 0.3) is 0 Å². The summed E-state index contributed by atoms with van der Waals surface area (Å²) in [6, 6.07) is 5.57. The SMILES string of the molecule is C[Si](C)(C)C1=C2CC(O)(c3ccco3)CC(c3ccsc3)=C2OC1=O. The largest absolute Gasteiger partial charge is 0.466 e. The van der Waals surface area contributed by atoms with Crippen LogP contribution in [0.15, 0.2) is 56.2 Å². The molecule has 3 heterocycles. The van der Waals surface area contributed by atoms with Gasteiger partial charge >= 0.3 is 5.97 Å². The number of ether oxygens (including phenoxy) is 1. The molecule has 1 aliphatic carbocycles. The van der Waals surface area contributed by atoms with Gasteiger partial charge in [0.2, 0.25) is 0 Å². The molecule has 0 spiro atoms. The third-order valence-corrected chi connectivity index (χ3v) is 7.48. The topological polar surface area (TPSA) is 59.7 Å². The van der Waals surface area contributed by atoms with Crippen LogP contribution in [0.5, 0.6) is 0 Å². The number of furan rings is 1. The van der Waals surface area contributed by atoms with Gasteiger partial charge in [-0.25, -0.2) is 4.79 Å². The van der Waals surface area contributed by atoms with Crippen LogP contribution < -0.4 is 0 Å². The third kappa shape index (κ3) is 2.65. The summed E-state index contributed by atoms with van der Waals surface area (Å²) in [6.07, 6.45) is 2.28. The predicted molar refractivity (Wildman–Crippen MR) is 99.5 cm³/mol. The Hall–Kier alpha value is -1.89. The molecule has 4 rings (SSSR count). The van der Waals surface area contributed by atoms with Crippen molar-refractivity contribution in [1.29, 1.82) is 0 Å². The normalized spacial score (nSPS) is 23.9. The van der Waals surface area contributed by atoms with Gasteiger partial charge in [0.15, 0.2) is 0 Å². The fraction of sp³-hybridized carbons (Fsp3) is 0.316. The Morgan fingerprint density at radius 3 is 2.56 bits per heavy atom. The van der Waals surface area contributed by atoms with Crippen LogP contribution in [0.4, 0.5) is 0 Å². The molecule has 0 saturated carbocycles. The molecule has 0 aromatic carbocycles. The zero-order chi connectivity index (χ0) is 17.8. The fourth-order valence-corrected chi connectivity index (χ4v) is 6.17. The molecule has 4 nitrogen and oxygen atoms in total. The lowest BCUT2D eigenvalue weighted by atomic mass is 9.78. The standard InChI is InChI=1S/C19H20O4SSi/c1-25(2,3)17-14-10-19(21,15-5-4-7-22-15)9-13(12-6-8-24-11-12)16(14)23-18(17)20/h4-8,11,21H,9-10H2,1-3H3. The van der Waals surface area contributed by atoms with E-state index in [1.54, 1.807) is 29.7 Å². The summed E-state index contributed by atoms with van der Waals surface area (Å²) < 4.78 is 11.2. The van der Waals surface area contributed by atoms with E-state index in [0.717, 1.165) is 21.9 Å². The maximum absolute atomic E-state index is 12.6. The first-order chi connectivity index (χ1) is 11.8. The summed E-state index contributed by atoms with van der Waals surface area (Å²) in [5.41, 5.74) is 1.56. The minimum atomic E-state index is -1.93. The number of esters is 1. The number of rotatable bonds is 3. The zero-order valence-electron chi connectivity index (χ0n) is 14.5. The third-order valence-electron chi connectivity index (χ3n) is 4.79. The fourth-order valence-electron chi connectivity index (χ4n) is 3.73. The Morgan fingerprint density at radius 1 is 1.20 bits per heavy atom. The van der Waals surface area contributed by atoms with Crippen molar-refractivity contribution < 1.29 is 19.1 Å². The molecule has 1 atom stereocenters. The molecule has 130 valence electrons. The van der Waals surface area contributed by atoms with E-state index in [9.17, 15) is 9.90 Å². The molecule has 2 aliphatic rings. The maximum Gasteiger partial charge on any atom is 0.335 e. The van der Waals surface area contributed by atoms with Crippen molar-refractivity contribution in [3.63, 3.8) is 0 Å². The van der Waals surface area contributed by atoms with Gasteiger partial charge in [-0.3, -0.25) is 0 Å². The molecule has 2 aromatic heterocycles. The molecule has 0 amide bonds. The van der Waals surface area contributed by atoms with Crippen LogP contribution in [0.1, 0.15) is 24.2 Å². The minimum Gasteiger partial charge on any atom is -0.466 e. The average molecular weight is 373 g/mol. The number of allylic oxidation sites excluding steroid dienone is 1. The molecule has 0 radical (unpaired) electrons. The Labute approximate surface area is 151 Å². The number of aliphatic hydroxyl groups is 1. The highest BCUT2D eigenvalue weighted by Crippen LogP contribution is 2.51. The lowest BCUT2D eigenvalue weighted by Gasteiger charge is -2.33. The molecule has 0 fully saturated rings. The van der Waals surface area contributed by atoms with E-state index in [0.29, 0.717) is 24.4 Å². The minimum absolute atomic E-state index is 0.249. The Bertz CT molecular complexity index is 885. The van der Waals surface area contributed by atoms with E-state index in [4.69, 9.17) is 9.15 Å². The molecule has 6 heteroatoms. The van der Waals surface area contributed by atoms with Gasteiger partial charge in [0.1, 0.15) is 17.1 Å². The number of carbonyl (C=O) groups excluding carboxylic acids is 1. The molecule has 1 aliphatic heterocycles. The van der Waals surface area contributed by atoms with Crippen LogP contribution in [-0.2, 0) is 15.1 Å². The van der Waals surface area contributed by atoms with Gasteiger partial charge in [-0.1, -0.05) is 19.6 Å². The summed E-state index contributed by atoms with van der Waals surface area (Å²) in [5, 5.41) is 16.2. The highest BCUT2D eigenvalue weighted by atomic mass is 32.1. The van der Waals surface area contributed by atoms with Gasteiger partial charge in [-0.2, -0.15) is 11.3 Å². The van der Waals surface area contributed by atoms with Crippen molar-refractivity contribution in [3.05, 3.63) is 63.1 Å². The van der Waals surface area contributed by atoms with Crippen LogP contribution in [0.2, 0.25) is 19.6 Å². The van der Waals surface area contributed by atoms with Crippen molar-refractivity contribution in [2.75, 3.05) is 0 Å². The van der Waals surface area contributed by atoms with Crippen molar-refractivity contribution >= 4 is 31.0 Å². The second kappa shape index (κ2) is 5.55. The highest BCUT2D eigenvalue weighted by Gasteiger charge is 2.48. The average Bonchev–Trinajstić information content (AvgIpc) is 3.26. The lowest BCUT2D eigenvalue weighted by Crippen LogP contribution is -2.33. The van der Waals surface area contributed by atoms with E-state index in [-0.39, 0.29) is 5.97 Å². The van der Waals surface area contributed by atoms with Crippen molar-refractivity contribution in [1.82, 2.24) is 0 Å². The van der Waals surface area contributed by atoms with Gasteiger partial charge in [-0.15, -0.1) is 0 Å². The van der Waals surface area contributed by atoms with E-state index < -0.39 is 13.7 Å². The summed E-state index contributed by atoms with van der Waals surface area (Å²) in [5.74, 6) is 0.929. The zero-order valence-corrected chi connectivity index (χ0v) is 16.3. The number of thiophene rings is 1. The van der Waals surface area contributed by atoms with E-state index in [2.05, 4.69) is 19.6 Å². The van der Waals surface area contributed by atoms with E-state index >= 15 is 0 Å². The van der Waals surface area contributed by atoms with Crippen LogP contribution in [-0.4, -0.2) is 19.1 Å². The van der Waals surface area contributed by atoms with Gasteiger partial charge < -0.3 is 14.3 Å². The highest BCUT2D eigenvalue weighted by molar-refractivity contribution is 7.08. The number of hydrogen-bond acceptors (Lipinski definition) is 5. The summed E-state index contributed by atoms with van der Waals surface area (Å²) >= 11 is 1.59.